The minimum atomic E-state index is -0.742. The molecule has 0 spiro atoms. The van der Waals surface area contributed by atoms with Crippen molar-refractivity contribution in [3.8, 4) is 0 Å². The number of aromatic amines is 1. The third kappa shape index (κ3) is 0.978. The first-order valence-corrected chi connectivity index (χ1v) is 4.41. The van der Waals surface area contributed by atoms with Crippen LogP contribution in [0.4, 0.5) is 0 Å². The van der Waals surface area contributed by atoms with Crippen molar-refractivity contribution in [2.75, 3.05) is 0 Å². The first-order valence-electron chi connectivity index (χ1n) is 4.41. The van der Waals surface area contributed by atoms with E-state index in [9.17, 15) is 4.79 Å². The molecule has 1 fully saturated rings. The summed E-state index contributed by atoms with van der Waals surface area (Å²) in [6, 6.07) is 0. The zero-order valence-electron chi connectivity index (χ0n) is 7.50. The second-order valence-electron chi connectivity index (χ2n) is 3.62. The highest BCUT2D eigenvalue weighted by Crippen LogP contribution is 2.43. The lowest BCUT2D eigenvalue weighted by molar-refractivity contribution is -0.147. The molecule has 0 aliphatic heterocycles. The Labute approximate surface area is 76.0 Å². The summed E-state index contributed by atoms with van der Waals surface area (Å²) < 4.78 is 0. The van der Waals surface area contributed by atoms with E-state index in [0.29, 0.717) is 18.5 Å². The smallest absolute Gasteiger partial charge is 0.315 e. The van der Waals surface area contributed by atoms with Crippen LogP contribution in [0.1, 0.15) is 30.7 Å². The van der Waals surface area contributed by atoms with Gasteiger partial charge in [0.1, 0.15) is 5.41 Å². The first kappa shape index (κ1) is 8.29. The van der Waals surface area contributed by atoms with E-state index in [1.54, 1.807) is 6.33 Å². The van der Waals surface area contributed by atoms with Crippen molar-refractivity contribution in [3.05, 3.63) is 17.7 Å². The zero-order chi connectivity index (χ0) is 9.47. The maximum absolute atomic E-state index is 11.1. The van der Waals surface area contributed by atoms with E-state index in [1.165, 1.54) is 0 Å². The number of carboxylic acid groups (broad SMARTS) is 1. The third-order valence-corrected chi connectivity index (χ3v) is 2.90. The van der Waals surface area contributed by atoms with E-state index in [1.807, 2.05) is 6.92 Å². The monoisotopic (exact) mass is 180 g/mol. The van der Waals surface area contributed by atoms with E-state index in [2.05, 4.69) is 9.97 Å². The van der Waals surface area contributed by atoms with E-state index < -0.39 is 11.4 Å². The van der Waals surface area contributed by atoms with Crippen LogP contribution in [-0.2, 0) is 10.2 Å². The van der Waals surface area contributed by atoms with Crippen molar-refractivity contribution in [1.82, 2.24) is 9.97 Å². The van der Waals surface area contributed by atoms with Gasteiger partial charge in [-0.3, -0.25) is 4.79 Å². The van der Waals surface area contributed by atoms with Gasteiger partial charge in [0.05, 0.1) is 12.0 Å². The van der Waals surface area contributed by atoms with Crippen molar-refractivity contribution in [2.24, 2.45) is 0 Å². The summed E-state index contributed by atoms with van der Waals surface area (Å²) in [5.74, 6) is -0.742. The van der Waals surface area contributed by atoms with Gasteiger partial charge < -0.3 is 10.1 Å². The molecule has 0 aromatic carbocycles. The number of aliphatic carboxylic acids is 1. The van der Waals surface area contributed by atoms with Crippen LogP contribution in [0.2, 0.25) is 0 Å². The van der Waals surface area contributed by atoms with E-state index in [4.69, 9.17) is 5.11 Å². The Hall–Kier alpha value is -1.32. The Morgan fingerprint density at radius 2 is 2.38 bits per heavy atom. The van der Waals surface area contributed by atoms with E-state index >= 15 is 0 Å². The van der Waals surface area contributed by atoms with Crippen molar-refractivity contribution in [2.45, 2.75) is 31.6 Å². The molecule has 0 saturated heterocycles. The molecule has 2 N–H and O–H groups in total. The predicted molar refractivity (Wildman–Crippen MR) is 46.5 cm³/mol. The summed E-state index contributed by atoms with van der Waals surface area (Å²) in [4.78, 5) is 18.1. The number of aryl methyl sites for hydroxylation is 1. The molecule has 0 radical (unpaired) electrons. The number of carbonyl (C=O) groups is 1. The molecule has 0 bridgehead atoms. The molecule has 70 valence electrons. The fourth-order valence-corrected chi connectivity index (χ4v) is 1.92. The van der Waals surface area contributed by atoms with Gasteiger partial charge in [-0.15, -0.1) is 0 Å². The predicted octanol–water partition coefficient (Wildman–Crippen LogP) is 1.22. The zero-order valence-corrected chi connectivity index (χ0v) is 7.50. The van der Waals surface area contributed by atoms with Gasteiger partial charge in [0.25, 0.3) is 0 Å². The van der Waals surface area contributed by atoms with Gasteiger partial charge in [-0.25, -0.2) is 4.98 Å². The van der Waals surface area contributed by atoms with Crippen molar-refractivity contribution in [3.63, 3.8) is 0 Å². The number of rotatable bonds is 2. The maximum atomic E-state index is 11.1. The molecule has 1 aromatic rings. The summed E-state index contributed by atoms with van der Waals surface area (Å²) in [7, 11) is 0. The van der Waals surface area contributed by atoms with Gasteiger partial charge in [0.2, 0.25) is 0 Å². The van der Waals surface area contributed by atoms with Crippen LogP contribution in [-0.4, -0.2) is 21.0 Å². The molecule has 4 heteroatoms. The highest BCUT2D eigenvalue weighted by Gasteiger charge is 2.48. The lowest BCUT2D eigenvalue weighted by Crippen LogP contribution is -2.43. The highest BCUT2D eigenvalue weighted by molar-refractivity contribution is 5.82. The Morgan fingerprint density at radius 3 is 2.69 bits per heavy atom. The normalized spacial score (nSPS) is 19.5. The lowest BCUT2D eigenvalue weighted by atomic mass is 9.66. The number of nitrogens with zero attached hydrogens (tertiary/aromatic N) is 1. The Kier molecular flexibility index (Phi) is 1.65. The number of carboxylic acids is 1. The largest absolute Gasteiger partial charge is 0.481 e. The maximum Gasteiger partial charge on any atom is 0.315 e. The minimum Gasteiger partial charge on any atom is -0.481 e. The standard InChI is InChI=1S/C9H12N2O2/c1-6-7(11-5-10-6)9(8(12)13)3-2-4-9/h5H,2-4H2,1H3,(H,10,11)(H,12,13). The molecule has 1 heterocycles. The van der Waals surface area contributed by atoms with E-state index in [-0.39, 0.29) is 0 Å². The number of hydrogen-bond acceptors (Lipinski definition) is 2. The van der Waals surface area contributed by atoms with Gasteiger partial charge in [0.15, 0.2) is 0 Å². The molecule has 1 aliphatic carbocycles. The number of hydrogen-bond donors (Lipinski definition) is 2. The molecule has 0 unspecified atom stereocenters. The Morgan fingerprint density at radius 1 is 1.69 bits per heavy atom. The fraction of sp³-hybridized carbons (Fsp3) is 0.556. The van der Waals surface area contributed by atoms with Crippen LogP contribution in [0, 0.1) is 6.92 Å². The van der Waals surface area contributed by atoms with Gasteiger partial charge in [-0.1, -0.05) is 6.42 Å². The number of aromatic nitrogens is 2. The molecular formula is C9H12N2O2. The van der Waals surface area contributed by atoms with Crippen molar-refractivity contribution < 1.29 is 9.90 Å². The van der Waals surface area contributed by atoms with E-state index in [0.717, 1.165) is 12.1 Å². The van der Waals surface area contributed by atoms with Crippen LogP contribution >= 0.6 is 0 Å². The van der Waals surface area contributed by atoms with Crippen LogP contribution in [0.25, 0.3) is 0 Å². The second kappa shape index (κ2) is 2.58. The summed E-state index contributed by atoms with van der Waals surface area (Å²) in [6.45, 7) is 1.87. The lowest BCUT2D eigenvalue weighted by Gasteiger charge is -2.36. The van der Waals surface area contributed by atoms with Crippen LogP contribution in [0.5, 0.6) is 0 Å². The summed E-state index contributed by atoms with van der Waals surface area (Å²) >= 11 is 0. The Balaban J connectivity index is 2.43. The summed E-state index contributed by atoms with van der Waals surface area (Å²) in [5, 5.41) is 9.13. The van der Waals surface area contributed by atoms with Crippen LogP contribution < -0.4 is 0 Å². The first-order chi connectivity index (χ1) is 6.17. The molecule has 1 saturated carbocycles. The molecule has 0 amide bonds. The number of nitrogens with one attached hydrogen (secondary N) is 1. The molecular weight excluding hydrogens is 168 g/mol. The third-order valence-electron chi connectivity index (χ3n) is 2.90. The van der Waals surface area contributed by atoms with Gasteiger partial charge in [0, 0.05) is 5.69 Å². The SMILES string of the molecule is Cc1[nH]cnc1C1(C(=O)O)CCC1. The highest BCUT2D eigenvalue weighted by atomic mass is 16.4. The average Bonchev–Trinajstić information content (AvgIpc) is 2.34. The van der Waals surface area contributed by atoms with Crippen LogP contribution in [0.3, 0.4) is 0 Å². The number of H-pyrrole nitrogens is 1. The fourth-order valence-electron chi connectivity index (χ4n) is 1.92. The minimum absolute atomic E-state index is 0.690. The van der Waals surface area contributed by atoms with Gasteiger partial charge in [-0.05, 0) is 19.8 Å². The number of imidazole rings is 1. The molecule has 1 aliphatic rings. The summed E-state index contributed by atoms with van der Waals surface area (Å²) in [5.41, 5.74) is 0.901. The molecule has 13 heavy (non-hydrogen) atoms. The summed E-state index contributed by atoms with van der Waals surface area (Å²) in [6.07, 6.45) is 3.98. The molecule has 4 nitrogen and oxygen atoms in total. The Bertz CT molecular complexity index is 339. The molecule has 1 aromatic heterocycles. The quantitative estimate of drug-likeness (QED) is 0.719. The van der Waals surface area contributed by atoms with Crippen molar-refractivity contribution >= 4 is 5.97 Å². The molecule has 2 rings (SSSR count). The molecule has 0 atom stereocenters. The second-order valence-corrected chi connectivity index (χ2v) is 3.62. The van der Waals surface area contributed by atoms with Gasteiger partial charge in [-0.2, -0.15) is 0 Å². The topological polar surface area (TPSA) is 66.0 Å². The van der Waals surface area contributed by atoms with Crippen LogP contribution in [0.15, 0.2) is 6.33 Å². The van der Waals surface area contributed by atoms with Gasteiger partial charge >= 0.3 is 5.97 Å². The van der Waals surface area contributed by atoms with Crippen molar-refractivity contribution in [1.29, 1.82) is 0 Å². The average molecular weight is 180 g/mol.